The second kappa shape index (κ2) is 5.88. The van der Waals surface area contributed by atoms with E-state index < -0.39 is 5.82 Å². The van der Waals surface area contributed by atoms with Crippen molar-refractivity contribution in [3.8, 4) is 0 Å². The number of rotatable bonds is 2. The third-order valence-electron chi connectivity index (χ3n) is 3.23. The second-order valence-electron chi connectivity index (χ2n) is 4.82. The first-order chi connectivity index (χ1) is 10.5. The number of amidine groups is 1. The number of anilines is 1. The van der Waals surface area contributed by atoms with Gasteiger partial charge in [-0.3, -0.25) is 9.69 Å². The van der Waals surface area contributed by atoms with Gasteiger partial charge in [0.1, 0.15) is 11.6 Å². The van der Waals surface area contributed by atoms with E-state index in [0.29, 0.717) is 16.5 Å². The predicted octanol–water partition coefficient (Wildman–Crippen LogP) is 4.04. The first-order valence-electron chi connectivity index (χ1n) is 6.61. The predicted molar refractivity (Wildman–Crippen MR) is 84.6 cm³/mol. The summed E-state index contributed by atoms with van der Waals surface area (Å²) in [7, 11) is 0. The third kappa shape index (κ3) is 2.87. The van der Waals surface area contributed by atoms with Gasteiger partial charge in [-0.1, -0.05) is 17.8 Å². The van der Waals surface area contributed by atoms with Crippen molar-refractivity contribution in [1.82, 2.24) is 0 Å². The van der Waals surface area contributed by atoms with Crippen LogP contribution in [0.3, 0.4) is 0 Å². The third-order valence-corrected chi connectivity index (χ3v) is 4.15. The van der Waals surface area contributed by atoms with Gasteiger partial charge in [-0.2, -0.15) is 0 Å². The van der Waals surface area contributed by atoms with Gasteiger partial charge in [0.15, 0.2) is 5.17 Å². The maximum Gasteiger partial charge on any atom is 0.243 e. The molecule has 0 bridgehead atoms. The molecule has 3 rings (SSSR count). The van der Waals surface area contributed by atoms with Crippen LogP contribution in [0.25, 0.3) is 0 Å². The number of nitrogens with zero attached hydrogens (tertiary/aromatic N) is 2. The number of halogens is 2. The minimum absolute atomic E-state index is 0.153. The van der Waals surface area contributed by atoms with E-state index in [-0.39, 0.29) is 17.5 Å². The first-order valence-corrected chi connectivity index (χ1v) is 7.59. The van der Waals surface area contributed by atoms with Crippen molar-refractivity contribution in [3.63, 3.8) is 0 Å². The number of amides is 1. The van der Waals surface area contributed by atoms with Gasteiger partial charge in [0, 0.05) is 0 Å². The summed E-state index contributed by atoms with van der Waals surface area (Å²) in [6, 6.07) is 9.96. The minimum Gasteiger partial charge on any atom is -0.273 e. The minimum atomic E-state index is -0.411. The molecule has 0 N–H and O–H groups in total. The van der Waals surface area contributed by atoms with Crippen molar-refractivity contribution in [3.05, 3.63) is 59.7 Å². The molecule has 0 aliphatic carbocycles. The number of benzene rings is 2. The highest BCUT2D eigenvalue weighted by atomic mass is 32.2. The lowest BCUT2D eigenvalue weighted by Crippen LogP contribution is -2.29. The molecule has 2 aromatic carbocycles. The van der Waals surface area contributed by atoms with Gasteiger partial charge in [0.2, 0.25) is 5.91 Å². The molecule has 1 aliphatic rings. The molecule has 0 spiro atoms. The fraction of sp³-hybridized carbons (Fsp3) is 0.125. The average Bonchev–Trinajstić information content (AvgIpc) is 2.85. The number of carbonyl (C=O) groups excluding carboxylic acids is 1. The second-order valence-corrected chi connectivity index (χ2v) is 5.76. The molecular formula is C16H12F2N2OS. The highest BCUT2D eigenvalue weighted by molar-refractivity contribution is 8.15. The largest absolute Gasteiger partial charge is 0.273 e. The number of aryl methyl sites for hydroxylation is 1. The van der Waals surface area contributed by atoms with Crippen molar-refractivity contribution in [2.24, 2.45) is 4.99 Å². The van der Waals surface area contributed by atoms with Gasteiger partial charge in [0.25, 0.3) is 0 Å². The Morgan fingerprint density at radius 1 is 1.09 bits per heavy atom. The first kappa shape index (κ1) is 14.7. The lowest BCUT2D eigenvalue weighted by molar-refractivity contribution is -0.115. The molecule has 3 nitrogen and oxygen atoms in total. The van der Waals surface area contributed by atoms with Crippen LogP contribution >= 0.6 is 11.8 Å². The molecule has 1 saturated heterocycles. The van der Waals surface area contributed by atoms with Crippen molar-refractivity contribution in [2.75, 3.05) is 10.7 Å². The van der Waals surface area contributed by atoms with Gasteiger partial charge >= 0.3 is 0 Å². The molecule has 6 heteroatoms. The van der Waals surface area contributed by atoms with Gasteiger partial charge in [-0.05, 0) is 48.9 Å². The van der Waals surface area contributed by atoms with E-state index in [4.69, 9.17) is 0 Å². The molecule has 1 heterocycles. The molecule has 1 amide bonds. The maximum absolute atomic E-state index is 13.5. The Balaban J connectivity index is 2.02. The zero-order valence-corrected chi connectivity index (χ0v) is 12.5. The Hall–Kier alpha value is -2.21. The highest BCUT2D eigenvalue weighted by Crippen LogP contribution is 2.31. The summed E-state index contributed by atoms with van der Waals surface area (Å²) in [6.07, 6.45) is 0. The molecule has 0 radical (unpaired) electrons. The van der Waals surface area contributed by atoms with Gasteiger partial charge in [-0.25, -0.2) is 13.8 Å². The van der Waals surface area contributed by atoms with Crippen LogP contribution in [0.4, 0.5) is 20.2 Å². The van der Waals surface area contributed by atoms with Crippen LogP contribution in [0.1, 0.15) is 5.56 Å². The summed E-state index contributed by atoms with van der Waals surface area (Å²) < 4.78 is 26.4. The van der Waals surface area contributed by atoms with Crippen molar-refractivity contribution in [2.45, 2.75) is 6.92 Å². The Morgan fingerprint density at radius 3 is 2.50 bits per heavy atom. The molecule has 1 fully saturated rings. The van der Waals surface area contributed by atoms with E-state index in [1.807, 2.05) is 0 Å². The Labute approximate surface area is 130 Å². The van der Waals surface area contributed by atoms with Crippen LogP contribution in [-0.4, -0.2) is 16.8 Å². The van der Waals surface area contributed by atoms with E-state index in [9.17, 15) is 13.6 Å². The van der Waals surface area contributed by atoms with Crippen LogP contribution in [0.2, 0.25) is 0 Å². The van der Waals surface area contributed by atoms with Crippen molar-refractivity contribution >= 4 is 34.2 Å². The van der Waals surface area contributed by atoms with E-state index in [0.717, 1.165) is 5.56 Å². The van der Waals surface area contributed by atoms with Crippen molar-refractivity contribution in [1.29, 1.82) is 0 Å². The van der Waals surface area contributed by atoms with Gasteiger partial charge in [0.05, 0.1) is 17.1 Å². The molecule has 0 aromatic heterocycles. The highest BCUT2D eigenvalue weighted by Gasteiger charge is 2.30. The summed E-state index contributed by atoms with van der Waals surface area (Å²) in [4.78, 5) is 17.9. The summed E-state index contributed by atoms with van der Waals surface area (Å²) in [6.45, 7) is 1.81. The standard InChI is InChI=1S/C16H12F2N2OS/c1-10-2-3-12(18)8-14(10)20-15(21)9-22-16(20)19-13-6-4-11(17)5-7-13/h2-8H,9H2,1H3/b19-16-. The fourth-order valence-electron chi connectivity index (χ4n) is 2.13. The number of carbonyl (C=O) groups is 1. The van der Waals surface area contributed by atoms with E-state index in [1.54, 1.807) is 13.0 Å². The van der Waals surface area contributed by atoms with Crippen LogP contribution in [0.15, 0.2) is 47.5 Å². The lowest BCUT2D eigenvalue weighted by Gasteiger charge is -2.18. The lowest BCUT2D eigenvalue weighted by atomic mass is 10.2. The Kier molecular flexibility index (Phi) is 3.94. The molecule has 22 heavy (non-hydrogen) atoms. The number of hydrogen-bond acceptors (Lipinski definition) is 3. The normalized spacial score (nSPS) is 16.6. The molecule has 0 unspecified atom stereocenters. The molecule has 2 aromatic rings. The molecule has 0 atom stereocenters. The molecule has 1 aliphatic heterocycles. The summed E-state index contributed by atoms with van der Waals surface area (Å²) in [5.74, 6) is -0.668. The fourth-order valence-corrected chi connectivity index (χ4v) is 3.01. The SMILES string of the molecule is Cc1ccc(F)cc1N1C(=O)CS/C1=N\c1ccc(F)cc1. The Bertz CT molecular complexity index is 759. The Morgan fingerprint density at radius 2 is 1.77 bits per heavy atom. The number of thioether (sulfide) groups is 1. The number of aliphatic imine (C=N–C) groups is 1. The van der Waals surface area contributed by atoms with Crippen molar-refractivity contribution < 1.29 is 13.6 Å². The van der Waals surface area contributed by atoms with Crippen LogP contribution in [0, 0.1) is 18.6 Å². The van der Waals surface area contributed by atoms with Crippen LogP contribution < -0.4 is 4.90 Å². The van der Waals surface area contributed by atoms with E-state index >= 15 is 0 Å². The van der Waals surface area contributed by atoms with Gasteiger partial charge < -0.3 is 0 Å². The van der Waals surface area contributed by atoms with E-state index in [2.05, 4.69) is 4.99 Å². The zero-order valence-electron chi connectivity index (χ0n) is 11.7. The van der Waals surface area contributed by atoms with Crippen LogP contribution in [0.5, 0.6) is 0 Å². The summed E-state index contributed by atoms with van der Waals surface area (Å²) >= 11 is 1.28. The average molecular weight is 318 g/mol. The number of hydrogen-bond donors (Lipinski definition) is 0. The topological polar surface area (TPSA) is 32.7 Å². The zero-order chi connectivity index (χ0) is 15.7. The summed E-state index contributed by atoms with van der Waals surface area (Å²) in [5, 5.41) is 0.463. The smallest absolute Gasteiger partial charge is 0.243 e. The monoisotopic (exact) mass is 318 g/mol. The van der Waals surface area contributed by atoms with Crippen LogP contribution in [-0.2, 0) is 4.79 Å². The van der Waals surface area contributed by atoms with E-state index in [1.165, 1.54) is 53.1 Å². The maximum atomic E-state index is 13.5. The quantitative estimate of drug-likeness (QED) is 0.837. The molecule has 0 saturated carbocycles. The molecule has 112 valence electrons. The summed E-state index contributed by atoms with van der Waals surface area (Å²) in [5.41, 5.74) is 1.80. The molecular weight excluding hydrogens is 306 g/mol. The van der Waals surface area contributed by atoms with Gasteiger partial charge in [-0.15, -0.1) is 0 Å².